The molecule has 1 aliphatic carbocycles. The Morgan fingerprint density at radius 2 is 2.21 bits per heavy atom. The van der Waals surface area contributed by atoms with Gasteiger partial charge in [0.2, 0.25) is 0 Å². The lowest BCUT2D eigenvalue weighted by molar-refractivity contribution is 0.408. The van der Waals surface area contributed by atoms with Crippen LogP contribution in [0.5, 0.6) is 0 Å². The van der Waals surface area contributed by atoms with Gasteiger partial charge in [-0.2, -0.15) is 0 Å². The zero-order valence-corrected chi connectivity index (χ0v) is 13.2. The van der Waals surface area contributed by atoms with Crippen LogP contribution in [0, 0.1) is 5.92 Å². The van der Waals surface area contributed by atoms with Crippen LogP contribution in [-0.2, 0) is 12.8 Å². The molecule has 0 saturated carbocycles. The molecular formula is C17H22BrN. The van der Waals surface area contributed by atoms with Crippen LogP contribution in [-0.4, -0.2) is 4.98 Å². The van der Waals surface area contributed by atoms with E-state index in [1.54, 1.807) is 5.56 Å². The average Bonchev–Trinajstić information content (AvgIpc) is 2.76. The first-order valence-electron chi connectivity index (χ1n) is 7.57. The molecule has 19 heavy (non-hydrogen) atoms. The van der Waals surface area contributed by atoms with Crippen LogP contribution >= 0.6 is 15.9 Å². The zero-order valence-electron chi connectivity index (χ0n) is 11.6. The van der Waals surface area contributed by atoms with Crippen LogP contribution < -0.4 is 0 Å². The molecule has 0 fully saturated rings. The maximum absolute atomic E-state index is 3.61. The fourth-order valence-corrected chi connectivity index (χ4v) is 3.76. The SMILES string of the molecule is CCCCCC1CCc2[nH]c3cc(Br)ccc3c2C1. The van der Waals surface area contributed by atoms with Gasteiger partial charge in [0.1, 0.15) is 0 Å². The predicted molar refractivity (Wildman–Crippen MR) is 85.7 cm³/mol. The van der Waals surface area contributed by atoms with Crippen LogP contribution in [0.2, 0.25) is 0 Å². The van der Waals surface area contributed by atoms with Crippen molar-refractivity contribution in [2.75, 3.05) is 0 Å². The molecule has 102 valence electrons. The molecule has 0 saturated heterocycles. The van der Waals surface area contributed by atoms with Crippen LogP contribution in [0.15, 0.2) is 22.7 Å². The second kappa shape index (κ2) is 5.70. The third-order valence-electron chi connectivity index (χ3n) is 4.47. The van der Waals surface area contributed by atoms with Crippen molar-refractivity contribution >= 4 is 26.8 Å². The van der Waals surface area contributed by atoms with Crippen LogP contribution in [0.1, 0.15) is 50.3 Å². The molecule has 0 spiro atoms. The fraction of sp³-hybridized carbons (Fsp3) is 0.529. The Balaban J connectivity index is 1.81. The average molecular weight is 320 g/mol. The molecule has 1 aromatic carbocycles. The molecule has 1 aliphatic rings. The van der Waals surface area contributed by atoms with E-state index in [1.165, 1.54) is 61.5 Å². The van der Waals surface area contributed by atoms with Gasteiger partial charge >= 0.3 is 0 Å². The Morgan fingerprint density at radius 1 is 1.32 bits per heavy atom. The minimum Gasteiger partial charge on any atom is -0.358 e. The number of aryl methyl sites for hydroxylation is 1. The molecule has 0 amide bonds. The molecule has 1 unspecified atom stereocenters. The van der Waals surface area contributed by atoms with E-state index in [-0.39, 0.29) is 0 Å². The fourth-order valence-electron chi connectivity index (χ4n) is 3.40. The van der Waals surface area contributed by atoms with Crippen molar-refractivity contribution in [3.8, 4) is 0 Å². The minimum atomic E-state index is 0.904. The Hall–Kier alpha value is -0.760. The van der Waals surface area contributed by atoms with Gasteiger partial charge in [-0.3, -0.25) is 0 Å². The first-order chi connectivity index (χ1) is 9.28. The summed E-state index contributed by atoms with van der Waals surface area (Å²) in [5.41, 5.74) is 4.38. The first-order valence-corrected chi connectivity index (χ1v) is 8.36. The first kappa shape index (κ1) is 13.2. The van der Waals surface area contributed by atoms with Gasteiger partial charge in [0.25, 0.3) is 0 Å². The third-order valence-corrected chi connectivity index (χ3v) is 4.96. The number of rotatable bonds is 4. The Bertz CT molecular complexity index is 570. The van der Waals surface area contributed by atoms with Crippen LogP contribution in [0.3, 0.4) is 0 Å². The van der Waals surface area contributed by atoms with Gasteiger partial charge in [-0.1, -0.05) is 54.6 Å². The molecule has 1 N–H and O–H groups in total. The summed E-state index contributed by atoms with van der Waals surface area (Å²) in [6.45, 7) is 2.29. The molecule has 1 atom stereocenters. The molecule has 2 heteroatoms. The van der Waals surface area contributed by atoms with Gasteiger partial charge < -0.3 is 4.98 Å². The standard InChI is InChI=1S/C17H22BrN/c1-2-3-4-5-12-6-9-16-15(10-12)14-8-7-13(18)11-17(14)19-16/h7-8,11-12,19H,2-6,9-10H2,1H3. The van der Waals surface area contributed by atoms with Crippen molar-refractivity contribution in [1.82, 2.24) is 4.98 Å². The summed E-state index contributed by atoms with van der Waals surface area (Å²) in [6.07, 6.45) is 9.42. The van der Waals surface area contributed by atoms with Gasteiger partial charge in [-0.05, 0) is 42.9 Å². The highest BCUT2D eigenvalue weighted by molar-refractivity contribution is 9.10. The number of nitrogens with one attached hydrogen (secondary N) is 1. The number of hydrogen-bond donors (Lipinski definition) is 1. The highest BCUT2D eigenvalue weighted by Crippen LogP contribution is 2.34. The number of aromatic amines is 1. The van der Waals surface area contributed by atoms with Gasteiger partial charge in [0.05, 0.1) is 0 Å². The summed E-state index contributed by atoms with van der Waals surface area (Å²) in [5.74, 6) is 0.904. The number of hydrogen-bond acceptors (Lipinski definition) is 0. The van der Waals surface area contributed by atoms with Crippen molar-refractivity contribution < 1.29 is 0 Å². The van der Waals surface area contributed by atoms with E-state index >= 15 is 0 Å². The normalized spacial score (nSPS) is 18.7. The smallest absolute Gasteiger partial charge is 0.0470 e. The summed E-state index contributed by atoms with van der Waals surface area (Å²) in [6, 6.07) is 6.64. The van der Waals surface area contributed by atoms with Crippen LogP contribution in [0.4, 0.5) is 0 Å². The highest BCUT2D eigenvalue weighted by atomic mass is 79.9. The molecule has 1 aromatic heterocycles. The molecule has 0 bridgehead atoms. The molecular weight excluding hydrogens is 298 g/mol. The number of aromatic nitrogens is 1. The lowest BCUT2D eigenvalue weighted by Crippen LogP contribution is -2.13. The largest absolute Gasteiger partial charge is 0.358 e. The lowest BCUT2D eigenvalue weighted by Gasteiger charge is -2.22. The zero-order chi connectivity index (χ0) is 13.2. The van der Waals surface area contributed by atoms with E-state index in [4.69, 9.17) is 0 Å². The van der Waals surface area contributed by atoms with E-state index in [2.05, 4.69) is 46.0 Å². The lowest BCUT2D eigenvalue weighted by atomic mass is 9.83. The Morgan fingerprint density at radius 3 is 3.05 bits per heavy atom. The second-order valence-corrected chi connectivity index (χ2v) is 6.79. The molecule has 1 heterocycles. The summed E-state index contributed by atoms with van der Waals surface area (Å²) < 4.78 is 1.16. The molecule has 0 radical (unpaired) electrons. The quantitative estimate of drug-likeness (QED) is 0.704. The van der Waals surface area contributed by atoms with E-state index in [0.29, 0.717) is 0 Å². The number of halogens is 1. The maximum atomic E-state index is 3.61. The van der Waals surface area contributed by atoms with Gasteiger partial charge in [-0.15, -0.1) is 0 Å². The minimum absolute atomic E-state index is 0.904. The predicted octanol–water partition coefficient (Wildman–Crippen LogP) is 5.62. The number of fused-ring (bicyclic) bond motifs is 3. The highest BCUT2D eigenvalue weighted by Gasteiger charge is 2.22. The van der Waals surface area contributed by atoms with Crippen molar-refractivity contribution in [3.63, 3.8) is 0 Å². The van der Waals surface area contributed by atoms with Gasteiger partial charge in [0, 0.05) is 21.1 Å². The number of unbranched alkanes of at least 4 members (excludes halogenated alkanes) is 2. The van der Waals surface area contributed by atoms with E-state index in [0.717, 1.165) is 10.4 Å². The van der Waals surface area contributed by atoms with E-state index in [1.807, 2.05) is 0 Å². The molecule has 1 nitrogen and oxygen atoms in total. The maximum Gasteiger partial charge on any atom is 0.0470 e. The van der Waals surface area contributed by atoms with E-state index in [9.17, 15) is 0 Å². The summed E-state index contributed by atoms with van der Waals surface area (Å²) in [7, 11) is 0. The monoisotopic (exact) mass is 319 g/mol. The van der Waals surface area contributed by atoms with E-state index < -0.39 is 0 Å². The van der Waals surface area contributed by atoms with Gasteiger partial charge in [-0.25, -0.2) is 0 Å². The van der Waals surface area contributed by atoms with Crippen LogP contribution in [0.25, 0.3) is 10.9 Å². The summed E-state index contributed by atoms with van der Waals surface area (Å²) >= 11 is 3.56. The summed E-state index contributed by atoms with van der Waals surface area (Å²) in [5, 5.41) is 1.44. The topological polar surface area (TPSA) is 15.8 Å². The Kier molecular flexibility index (Phi) is 3.97. The molecule has 3 rings (SSSR count). The number of H-pyrrole nitrogens is 1. The Labute approximate surface area is 123 Å². The summed E-state index contributed by atoms with van der Waals surface area (Å²) in [4.78, 5) is 3.61. The third kappa shape index (κ3) is 2.74. The second-order valence-electron chi connectivity index (χ2n) is 5.88. The van der Waals surface area contributed by atoms with Crippen molar-refractivity contribution in [1.29, 1.82) is 0 Å². The molecule has 0 aliphatic heterocycles. The van der Waals surface area contributed by atoms with Crippen molar-refractivity contribution in [2.45, 2.75) is 51.9 Å². The number of benzene rings is 1. The van der Waals surface area contributed by atoms with Crippen molar-refractivity contribution in [3.05, 3.63) is 33.9 Å². The van der Waals surface area contributed by atoms with Gasteiger partial charge in [0.15, 0.2) is 0 Å². The molecule has 2 aromatic rings. The van der Waals surface area contributed by atoms with Crippen molar-refractivity contribution in [2.24, 2.45) is 5.92 Å².